The van der Waals surface area contributed by atoms with Crippen molar-refractivity contribution < 1.29 is 23.0 Å². The molecule has 0 radical (unpaired) electrons. The van der Waals surface area contributed by atoms with E-state index < -0.39 is 16.1 Å². The summed E-state index contributed by atoms with van der Waals surface area (Å²) >= 11 is 0. The van der Waals surface area contributed by atoms with Gasteiger partial charge in [0.2, 0.25) is 10.0 Å². The first-order valence-electron chi connectivity index (χ1n) is 12.8. The minimum atomic E-state index is -3.84. The largest absolute Gasteiger partial charge is 0.487 e. The van der Waals surface area contributed by atoms with Gasteiger partial charge in [0.15, 0.2) is 0 Å². The van der Waals surface area contributed by atoms with E-state index in [0.717, 1.165) is 44.6 Å². The van der Waals surface area contributed by atoms with E-state index in [-0.39, 0.29) is 30.1 Å². The van der Waals surface area contributed by atoms with Crippen molar-refractivity contribution in [2.24, 2.45) is 17.8 Å². The van der Waals surface area contributed by atoms with Crippen LogP contribution in [0.3, 0.4) is 0 Å². The Kier molecular flexibility index (Phi) is 10.0. The lowest BCUT2D eigenvalue weighted by molar-refractivity contribution is 0.0402. The fraction of sp³-hybridized carbons (Fsp3) is 0.704. The minimum Gasteiger partial charge on any atom is -0.487 e. The summed E-state index contributed by atoms with van der Waals surface area (Å²) in [5.74, 6) is 7.66. The zero-order valence-corrected chi connectivity index (χ0v) is 22.7. The van der Waals surface area contributed by atoms with Gasteiger partial charge in [-0.15, -0.1) is 0 Å². The van der Waals surface area contributed by atoms with Crippen molar-refractivity contribution in [3.8, 4) is 17.6 Å². The van der Waals surface area contributed by atoms with E-state index >= 15 is 0 Å². The summed E-state index contributed by atoms with van der Waals surface area (Å²) in [6, 6.07) is 4.57. The second-order valence-corrected chi connectivity index (χ2v) is 12.4. The molecule has 2 aliphatic heterocycles. The van der Waals surface area contributed by atoms with E-state index in [2.05, 4.69) is 37.6 Å². The maximum Gasteiger partial charge on any atom is 0.247 e. The minimum absolute atomic E-state index is 0.0697. The molecule has 0 saturated carbocycles. The second-order valence-electron chi connectivity index (χ2n) is 10.6. The van der Waals surface area contributed by atoms with Gasteiger partial charge in [-0.1, -0.05) is 32.6 Å². The van der Waals surface area contributed by atoms with Gasteiger partial charge in [0.05, 0.1) is 6.61 Å². The van der Waals surface area contributed by atoms with Gasteiger partial charge in [-0.25, -0.2) is 8.42 Å². The van der Waals surface area contributed by atoms with Gasteiger partial charge < -0.3 is 19.5 Å². The third kappa shape index (κ3) is 7.43. The quantitative estimate of drug-likeness (QED) is 0.572. The van der Waals surface area contributed by atoms with Crippen LogP contribution in [-0.2, 0) is 14.8 Å². The van der Waals surface area contributed by atoms with Gasteiger partial charge >= 0.3 is 0 Å². The number of fused-ring (bicyclic) bond motifs is 1. The summed E-state index contributed by atoms with van der Waals surface area (Å²) in [5.41, 5.74) is 0.740. The number of hydrogen-bond donors (Lipinski definition) is 1. The van der Waals surface area contributed by atoms with Crippen LogP contribution in [0.5, 0.6) is 5.75 Å². The zero-order valence-electron chi connectivity index (χ0n) is 21.9. The molecule has 3 rings (SSSR count). The highest BCUT2D eigenvalue weighted by molar-refractivity contribution is 7.89. The fourth-order valence-electron chi connectivity index (χ4n) is 4.63. The molecule has 196 valence electrons. The van der Waals surface area contributed by atoms with Crippen molar-refractivity contribution in [2.75, 3.05) is 46.5 Å². The molecular weight excluding hydrogens is 464 g/mol. The number of benzene rings is 1. The zero-order chi connectivity index (χ0) is 25.6. The number of aliphatic hydroxyl groups excluding tert-OH is 1. The van der Waals surface area contributed by atoms with Gasteiger partial charge in [0.1, 0.15) is 16.7 Å². The van der Waals surface area contributed by atoms with Crippen molar-refractivity contribution in [1.29, 1.82) is 0 Å². The first-order valence-corrected chi connectivity index (χ1v) is 14.2. The number of nitrogens with zero attached hydrogens (tertiary/aromatic N) is 2. The third-order valence-electron chi connectivity index (χ3n) is 6.81. The number of likely N-dealkylation sites (N-methyl/N-ethyl adjacent to an activating group) is 1. The lowest BCUT2D eigenvalue weighted by Crippen LogP contribution is -2.50. The summed E-state index contributed by atoms with van der Waals surface area (Å²) in [5, 5.41) is 9.82. The number of rotatable bonds is 7. The van der Waals surface area contributed by atoms with E-state index in [0.29, 0.717) is 24.1 Å². The van der Waals surface area contributed by atoms with Crippen molar-refractivity contribution in [3.63, 3.8) is 0 Å². The molecule has 2 heterocycles. The fourth-order valence-corrected chi connectivity index (χ4v) is 6.46. The molecule has 0 spiro atoms. The molecule has 0 aliphatic carbocycles. The predicted molar refractivity (Wildman–Crippen MR) is 138 cm³/mol. The summed E-state index contributed by atoms with van der Waals surface area (Å²) in [4.78, 5) is 2.43. The highest BCUT2D eigenvalue weighted by Crippen LogP contribution is 2.34. The molecule has 0 aromatic heterocycles. The van der Waals surface area contributed by atoms with Crippen LogP contribution in [0, 0.1) is 29.6 Å². The smallest absolute Gasteiger partial charge is 0.247 e. The third-order valence-corrected chi connectivity index (χ3v) is 8.83. The van der Waals surface area contributed by atoms with Gasteiger partial charge in [0, 0.05) is 56.8 Å². The Morgan fingerprint density at radius 1 is 1.20 bits per heavy atom. The van der Waals surface area contributed by atoms with Gasteiger partial charge in [-0.3, -0.25) is 0 Å². The van der Waals surface area contributed by atoms with Crippen molar-refractivity contribution in [1.82, 2.24) is 9.21 Å². The van der Waals surface area contributed by atoms with Gasteiger partial charge in [-0.05, 0) is 56.8 Å². The maximum atomic E-state index is 13.6. The number of sulfonamides is 1. The van der Waals surface area contributed by atoms with Crippen LogP contribution in [0.4, 0.5) is 0 Å². The van der Waals surface area contributed by atoms with Crippen molar-refractivity contribution in [3.05, 3.63) is 23.8 Å². The molecule has 0 amide bonds. The molecule has 1 N–H and O–H groups in total. The van der Waals surface area contributed by atoms with Crippen LogP contribution < -0.4 is 4.74 Å². The molecule has 0 unspecified atom stereocenters. The molecular formula is C27H42N2O5S. The summed E-state index contributed by atoms with van der Waals surface area (Å²) < 4.78 is 40.6. The monoisotopic (exact) mass is 506 g/mol. The Morgan fingerprint density at radius 2 is 1.91 bits per heavy atom. The first-order chi connectivity index (χ1) is 16.6. The molecule has 2 aliphatic rings. The van der Waals surface area contributed by atoms with E-state index in [4.69, 9.17) is 9.47 Å². The Labute approximate surface area is 211 Å². The number of aliphatic hydroxyl groups is 1. The number of ether oxygens (including phenoxy) is 2. The highest BCUT2D eigenvalue weighted by atomic mass is 32.2. The van der Waals surface area contributed by atoms with Crippen LogP contribution in [0.15, 0.2) is 23.1 Å². The van der Waals surface area contributed by atoms with Crippen LogP contribution >= 0.6 is 0 Å². The van der Waals surface area contributed by atoms with Crippen LogP contribution in [0.2, 0.25) is 0 Å². The molecule has 8 heteroatoms. The highest BCUT2D eigenvalue weighted by Gasteiger charge is 2.38. The number of hydrogen-bond acceptors (Lipinski definition) is 6. The van der Waals surface area contributed by atoms with Crippen LogP contribution in [0.25, 0.3) is 0 Å². The molecule has 1 fully saturated rings. The summed E-state index contributed by atoms with van der Waals surface area (Å²) in [6.45, 7) is 11.3. The molecule has 3 atom stereocenters. The van der Waals surface area contributed by atoms with E-state index in [9.17, 15) is 13.5 Å². The normalized spacial score (nSPS) is 24.1. The SMILES string of the molecule is CC(C)CC#Cc1ccc2c(c1)O[C@@H](CN(C)CC1CCOCC1)[C@H](C)CN([C@H](C)CO)S2(=O)=O. The predicted octanol–water partition coefficient (Wildman–Crippen LogP) is 3.21. The van der Waals surface area contributed by atoms with E-state index in [1.54, 1.807) is 25.1 Å². The van der Waals surface area contributed by atoms with E-state index in [1.165, 1.54) is 4.31 Å². The molecule has 35 heavy (non-hydrogen) atoms. The second kappa shape index (κ2) is 12.6. The van der Waals surface area contributed by atoms with Gasteiger partial charge in [0.25, 0.3) is 0 Å². The maximum absolute atomic E-state index is 13.6. The molecule has 1 aromatic carbocycles. The van der Waals surface area contributed by atoms with Crippen LogP contribution in [-0.4, -0.2) is 81.4 Å². The Bertz CT molecular complexity index is 995. The molecule has 0 bridgehead atoms. The average Bonchev–Trinajstić information content (AvgIpc) is 2.81. The standard InChI is InChI=1S/C27H42N2O5S/c1-20(2)7-6-8-23-9-10-27-25(15-23)34-26(18-28(5)17-24-11-13-33-14-12-24)21(3)16-29(22(4)19-30)35(27,31)32/h9-10,15,20-22,24,26,30H,7,11-14,16-19H2,1-5H3/t21-,22-,26+/m1/s1. The average molecular weight is 507 g/mol. The summed E-state index contributed by atoms with van der Waals surface area (Å²) in [6.07, 6.45) is 2.69. The Hall–Kier alpha value is -1.63. The lowest BCUT2D eigenvalue weighted by atomic mass is 9.98. The Morgan fingerprint density at radius 3 is 2.57 bits per heavy atom. The van der Waals surface area contributed by atoms with Crippen LogP contribution in [0.1, 0.15) is 52.5 Å². The lowest BCUT2D eigenvalue weighted by Gasteiger charge is -2.38. The van der Waals surface area contributed by atoms with E-state index in [1.807, 2.05) is 6.92 Å². The molecule has 1 aromatic rings. The van der Waals surface area contributed by atoms with Crippen molar-refractivity contribution >= 4 is 10.0 Å². The Balaban J connectivity index is 1.92. The first kappa shape index (κ1) is 27.9. The van der Waals surface area contributed by atoms with Crippen molar-refractivity contribution in [2.45, 2.75) is 64.0 Å². The topological polar surface area (TPSA) is 79.3 Å². The molecule has 7 nitrogen and oxygen atoms in total. The van der Waals surface area contributed by atoms with Gasteiger partial charge in [-0.2, -0.15) is 4.31 Å². The molecule has 1 saturated heterocycles. The summed E-state index contributed by atoms with van der Waals surface area (Å²) in [7, 11) is -1.74.